The van der Waals surface area contributed by atoms with Crippen LogP contribution in [0.1, 0.15) is 23.5 Å². The molecule has 0 spiro atoms. The van der Waals surface area contributed by atoms with Crippen LogP contribution in [0.25, 0.3) is 0 Å². The zero-order valence-corrected chi connectivity index (χ0v) is 10.1. The fourth-order valence-electron chi connectivity index (χ4n) is 1.57. The van der Waals surface area contributed by atoms with Crippen molar-refractivity contribution >= 4 is 17.7 Å². The van der Waals surface area contributed by atoms with Crippen molar-refractivity contribution < 1.29 is 14.7 Å². The lowest BCUT2D eigenvalue weighted by Gasteiger charge is -2.13. The summed E-state index contributed by atoms with van der Waals surface area (Å²) >= 11 is 0. The molecule has 0 aliphatic carbocycles. The van der Waals surface area contributed by atoms with E-state index in [2.05, 4.69) is 15.4 Å². The number of carbonyl (C=O) groups is 2. The van der Waals surface area contributed by atoms with Gasteiger partial charge in [0, 0.05) is 12.4 Å². The van der Waals surface area contributed by atoms with Crippen molar-refractivity contribution in [3.05, 3.63) is 42.4 Å². The highest BCUT2D eigenvalue weighted by Gasteiger charge is 2.21. The van der Waals surface area contributed by atoms with Gasteiger partial charge < -0.3 is 10.4 Å². The summed E-state index contributed by atoms with van der Waals surface area (Å²) in [6, 6.07) is 5.71. The number of hydrogen-bond donors (Lipinski definition) is 2. The summed E-state index contributed by atoms with van der Waals surface area (Å²) in [5, 5.41) is 15.4. The highest BCUT2D eigenvalue weighted by molar-refractivity contribution is 5.93. The molecule has 0 saturated heterocycles. The molecule has 98 valence electrons. The van der Waals surface area contributed by atoms with Gasteiger partial charge in [-0.05, 0) is 25.1 Å². The highest BCUT2D eigenvalue weighted by Crippen LogP contribution is 2.12. The predicted molar refractivity (Wildman–Crippen MR) is 66.8 cm³/mol. The average Bonchev–Trinajstić information content (AvgIpc) is 2.88. The Hall–Kier alpha value is -2.70. The predicted octanol–water partition coefficient (Wildman–Crippen LogP) is 1.18. The largest absolute Gasteiger partial charge is 0.477 e. The van der Waals surface area contributed by atoms with E-state index >= 15 is 0 Å². The summed E-state index contributed by atoms with van der Waals surface area (Å²) in [7, 11) is 0. The number of aromatic carboxylic acids is 1. The van der Waals surface area contributed by atoms with E-state index < -0.39 is 12.0 Å². The number of nitrogens with one attached hydrogen (secondary N) is 1. The number of nitrogens with zero attached hydrogens (tertiary/aromatic N) is 3. The molecule has 0 saturated carbocycles. The van der Waals surface area contributed by atoms with Crippen LogP contribution < -0.4 is 5.32 Å². The van der Waals surface area contributed by atoms with Crippen LogP contribution in [0.5, 0.6) is 0 Å². The number of rotatable bonds is 4. The molecule has 7 heteroatoms. The lowest BCUT2D eigenvalue weighted by molar-refractivity contribution is -0.119. The van der Waals surface area contributed by atoms with Gasteiger partial charge in [0.2, 0.25) is 5.91 Å². The molecule has 0 bridgehead atoms. The Labute approximate surface area is 108 Å². The first-order chi connectivity index (χ1) is 9.09. The number of carboxylic acids is 1. The molecule has 2 N–H and O–H groups in total. The fraction of sp³-hybridized carbons (Fsp3) is 0.167. The molecule has 0 radical (unpaired) electrons. The lowest BCUT2D eigenvalue weighted by atomic mass is 10.3. The van der Waals surface area contributed by atoms with E-state index in [1.54, 1.807) is 31.3 Å². The smallest absolute Gasteiger partial charge is 0.354 e. The second-order valence-corrected chi connectivity index (χ2v) is 3.85. The standard InChI is InChI=1S/C12H12N4O3/c1-8(16-9(12(18)19)5-7-14-16)11(17)15-10-4-2-3-6-13-10/h2-8H,1H3,(H,18,19)(H,13,15,17). The quantitative estimate of drug-likeness (QED) is 0.860. The van der Waals surface area contributed by atoms with Crippen LogP contribution in [-0.2, 0) is 4.79 Å². The van der Waals surface area contributed by atoms with E-state index in [4.69, 9.17) is 5.11 Å². The molecule has 2 rings (SSSR count). The van der Waals surface area contributed by atoms with Crippen LogP contribution in [0.2, 0.25) is 0 Å². The summed E-state index contributed by atoms with van der Waals surface area (Å²) in [5.41, 5.74) is -0.0383. The van der Waals surface area contributed by atoms with Crippen molar-refractivity contribution in [3.63, 3.8) is 0 Å². The maximum absolute atomic E-state index is 12.0. The van der Waals surface area contributed by atoms with E-state index in [-0.39, 0.29) is 11.6 Å². The molecule has 0 aliphatic heterocycles. The summed E-state index contributed by atoms with van der Waals surface area (Å²) in [6.45, 7) is 1.57. The molecule has 0 aliphatic rings. The molecule has 2 aromatic heterocycles. The van der Waals surface area contributed by atoms with E-state index in [0.717, 1.165) is 4.68 Å². The van der Waals surface area contributed by atoms with Gasteiger partial charge in [-0.3, -0.25) is 4.79 Å². The summed E-state index contributed by atoms with van der Waals surface area (Å²) in [6.07, 6.45) is 2.89. The molecule has 0 aromatic carbocycles. The molecule has 0 fully saturated rings. The van der Waals surface area contributed by atoms with Crippen molar-refractivity contribution in [2.45, 2.75) is 13.0 Å². The van der Waals surface area contributed by atoms with Gasteiger partial charge in [0.15, 0.2) is 0 Å². The highest BCUT2D eigenvalue weighted by atomic mass is 16.4. The van der Waals surface area contributed by atoms with Crippen molar-refractivity contribution in [2.24, 2.45) is 0 Å². The zero-order valence-electron chi connectivity index (χ0n) is 10.1. The molecule has 2 heterocycles. The van der Waals surface area contributed by atoms with Crippen molar-refractivity contribution in [3.8, 4) is 0 Å². The van der Waals surface area contributed by atoms with Crippen molar-refractivity contribution in [1.82, 2.24) is 14.8 Å². The van der Waals surface area contributed by atoms with Gasteiger partial charge in [0.1, 0.15) is 17.6 Å². The average molecular weight is 260 g/mol. The molecule has 1 amide bonds. The van der Waals surface area contributed by atoms with Crippen LogP contribution in [0.15, 0.2) is 36.7 Å². The van der Waals surface area contributed by atoms with Gasteiger partial charge in [-0.15, -0.1) is 0 Å². The van der Waals surface area contributed by atoms with E-state index in [9.17, 15) is 9.59 Å². The third kappa shape index (κ3) is 2.76. The Morgan fingerprint density at radius 2 is 2.11 bits per heavy atom. The molecular formula is C12H12N4O3. The van der Waals surface area contributed by atoms with Gasteiger partial charge >= 0.3 is 5.97 Å². The Morgan fingerprint density at radius 3 is 2.74 bits per heavy atom. The summed E-state index contributed by atoms with van der Waals surface area (Å²) in [4.78, 5) is 26.9. The first kappa shape index (κ1) is 12.7. The number of carboxylic acid groups (broad SMARTS) is 1. The SMILES string of the molecule is CC(C(=O)Nc1ccccn1)n1nccc1C(=O)O. The topological polar surface area (TPSA) is 97.1 Å². The third-order valence-corrected chi connectivity index (χ3v) is 2.55. The van der Waals surface area contributed by atoms with Gasteiger partial charge in [-0.25, -0.2) is 14.5 Å². The first-order valence-electron chi connectivity index (χ1n) is 5.58. The molecule has 1 unspecified atom stereocenters. The van der Waals surface area contributed by atoms with Crippen LogP contribution in [0.4, 0.5) is 5.82 Å². The Kier molecular flexibility index (Phi) is 3.56. The first-order valence-corrected chi connectivity index (χ1v) is 5.58. The summed E-state index contributed by atoms with van der Waals surface area (Å²) in [5.74, 6) is -1.11. The van der Waals surface area contributed by atoms with Gasteiger partial charge in [0.05, 0.1) is 0 Å². The van der Waals surface area contributed by atoms with Crippen molar-refractivity contribution in [2.75, 3.05) is 5.32 Å². The Bertz CT molecular complexity index is 594. The minimum atomic E-state index is -1.13. The second kappa shape index (κ2) is 5.30. The second-order valence-electron chi connectivity index (χ2n) is 3.85. The summed E-state index contributed by atoms with van der Waals surface area (Å²) < 4.78 is 1.15. The normalized spacial score (nSPS) is 11.8. The maximum atomic E-state index is 12.0. The lowest BCUT2D eigenvalue weighted by Crippen LogP contribution is -2.27. The van der Waals surface area contributed by atoms with Gasteiger partial charge in [-0.2, -0.15) is 5.10 Å². The van der Waals surface area contributed by atoms with Crippen LogP contribution in [0.3, 0.4) is 0 Å². The van der Waals surface area contributed by atoms with E-state index in [0.29, 0.717) is 5.82 Å². The Balaban J connectivity index is 2.15. The van der Waals surface area contributed by atoms with Crippen molar-refractivity contribution in [1.29, 1.82) is 0 Å². The number of amides is 1. The number of aromatic nitrogens is 3. The van der Waals surface area contributed by atoms with Crippen LogP contribution in [0, 0.1) is 0 Å². The number of hydrogen-bond acceptors (Lipinski definition) is 4. The third-order valence-electron chi connectivity index (χ3n) is 2.55. The molecule has 19 heavy (non-hydrogen) atoms. The monoisotopic (exact) mass is 260 g/mol. The number of anilines is 1. The minimum Gasteiger partial charge on any atom is -0.477 e. The molecule has 2 aromatic rings. The van der Waals surface area contributed by atoms with Crippen LogP contribution in [-0.4, -0.2) is 31.7 Å². The van der Waals surface area contributed by atoms with Crippen LogP contribution >= 0.6 is 0 Å². The van der Waals surface area contributed by atoms with Gasteiger partial charge in [0.25, 0.3) is 0 Å². The maximum Gasteiger partial charge on any atom is 0.354 e. The molecular weight excluding hydrogens is 248 g/mol. The van der Waals surface area contributed by atoms with E-state index in [1.165, 1.54) is 12.3 Å². The van der Waals surface area contributed by atoms with E-state index in [1.807, 2.05) is 0 Å². The van der Waals surface area contributed by atoms with Gasteiger partial charge in [-0.1, -0.05) is 6.07 Å². The minimum absolute atomic E-state index is 0.0383. The number of carbonyl (C=O) groups excluding carboxylic acids is 1. The molecule has 1 atom stereocenters. The Morgan fingerprint density at radius 1 is 1.32 bits per heavy atom. The number of pyridine rings is 1. The molecule has 7 nitrogen and oxygen atoms in total. The zero-order chi connectivity index (χ0) is 13.8. The fourth-order valence-corrected chi connectivity index (χ4v) is 1.57.